The molecule has 5 aromatic rings. The van der Waals surface area contributed by atoms with E-state index in [1.54, 1.807) is 35.0 Å². The van der Waals surface area contributed by atoms with Crippen LogP contribution in [0.2, 0.25) is 0 Å². The molecule has 1 aliphatic heterocycles. The largest absolute Gasteiger partial charge is 0.417 e. The molecule has 7 heteroatoms. The summed E-state index contributed by atoms with van der Waals surface area (Å²) < 4.78 is 45.4. The van der Waals surface area contributed by atoms with E-state index in [-0.39, 0.29) is 39.9 Å². The minimum Gasteiger partial charge on any atom is -0.363 e. The van der Waals surface area contributed by atoms with Crippen LogP contribution in [-0.4, -0.2) is 9.78 Å². The van der Waals surface area contributed by atoms with Crippen LogP contribution in [0, 0.1) is 11.3 Å². The summed E-state index contributed by atoms with van der Waals surface area (Å²) in [5, 5.41) is 18.1. The Bertz CT molecular complexity index is 1620. The van der Waals surface area contributed by atoms with Crippen LogP contribution < -0.4 is 5.32 Å². The lowest BCUT2D eigenvalue weighted by Crippen LogP contribution is -2.27. The number of benzene rings is 4. The van der Waals surface area contributed by atoms with Crippen LogP contribution in [0.15, 0.2) is 97.1 Å². The molecule has 0 amide bonds. The number of nitriles is 1. The number of nitrogens with one attached hydrogen (secondary N) is 1. The Labute approximate surface area is 211 Å². The highest BCUT2D eigenvalue weighted by molar-refractivity contribution is 6.01. The molecule has 0 spiro atoms. The van der Waals surface area contributed by atoms with Crippen LogP contribution >= 0.6 is 0 Å². The van der Waals surface area contributed by atoms with Crippen LogP contribution in [0.4, 0.5) is 19.0 Å². The summed E-state index contributed by atoms with van der Waals surface area (Å²) in [7, 11) is 0. The van der Waals surface area contributed by atoms with Crippen molar-refractivity contribution in [3.63, 3.8) is 0 Å². The molecule has 1 aliphatic rings. The number of nitrogens with zero attached hydrogens (tertiary/aromatic N) is 3. The molecule has 1 unspecified atom stereocenters. The first-order chi connectivity index (χ1) is 18.0. The van der Waals surface area contributed by atoms with Crippen molar-refractivity contribution in [3.05, 3.63) is 119 Å². The molecule has 4 nitrogen and oxygen atoms in total. The Hall–Kier alpha value is -4.57. The molecule has 1 N–H and O–H groups in total. The molecule has 0 saturated heterocycles. The van der Waals surface area contributed by atoms with Gasteiger partial charge in [-0.2, -0.15) is 23.5 Å². The molecule has 2 atom stereocenters. The molecule has 2 heterocycles. The lowest BCUT2D eigenvalue weighted by atomic mass is 9.91. The molecule has 6 rings (SSSR count). The Balaban J connectivity index is 1.67. The Morgan fingerprint density at radius 2 is 1.46 bits per heavy atom. The highest BCUT2D eigenvalue weighted by Crippen LogP contribution is 2.48. The zero-order chi connectivity index (χ0) is 25.6. The minimum absolute atomic E-state index is 0.0494. The number of rotatable bonds is 3. The van der Waals surface area contributed by atoms with Gasteiger partial charge in [0.1, 0.15) is 17.4 Å². The average molecular weight is 495 g/mol. The predicted octanol–water partition coefficient (Wildman–Crippen LogP) is 7.74. The van der Waals surface area contributed by atoms with Gasteiger partial charge in [-0.3, -0.25) is 0 Å². The zero-order valence-corrected chi connectivity index (χ0v) is 19.6. The van der Waals surface area contributed by atoms with E-state index in [2.05, 4.69) is 11.4 Å². The van der Waals surface area contributed by atoms with Crippen molar-refractivity contribution in [2.24, 2.45) is 0 Å². The van der Waals surface area contributed by atoms with Gasteiger partial charge in [0.25, 0.3) is 0 Å². The van der Waals surface area contributed by atoms with E-state index in [1.165, 1.54) is 0 Å². The van der Waals surface area contributed by atoms with E-state index in [0.717, 1.165) is 17.2 Å². The molecule has 0 radical (unpaired) electrons. The molecule has 182 valence electrons. The standard InChI is InChI=1S/C30H21F3N4/c31-30(32,33)24-16-22(19-10-4-1-5-11-19)23(18-34)28-27(24)29-35-25(20-12-6-2-7-13-20)17-26(37(29)36-28)21-14-8-3-9-15-21/h1-16,25-26,35H,17H2/t25-,26?/m1/s1. The Kier molecular flexibility index (Phi) is 5.45. The summed E-state index contributed by atoms with van der Waals surface area (Å²) in [6, 6.07) is 30.7. The third kappa shape index (κ3) is 3.91. The van der Waals surface area contributed by atoms with Crippen molar-refractivity contribution >= 4 is 16.7 Å². The van der Waals surface area contributed by atoms with Gasteiger partial charge in [-0.05, 0) is 29.2 Å². The first kappa shape index (κ1) is 22.9. The van der Waals surface area contributed by atoms with Gasteiger partial charge in [-0.1, -0.05) is 91.0 Å². The highest BCUT2D eigenvalue weighted by atomic mass is 19.4. The molecule has 0 aliphatic carbocycles. The number of halogens is 3. The number of aromatic nitrogens is 2. The number of fused-ring (bicyclic) bond motifs is 3. The van der Waals surface area contributed by atoms with Crippen LogP contribution in [0.1, 0.15) is 40.8 Å². The SMILES string of the molecule is N#Cc1c(-c2ccccc2)cc(C(F)(F)F)c2c3n(nc12)C(c1ccccc1)C[C@H](c1ccccc1)N3. The van der Waals surface area contributed by atoms with Crippen molar-refractivity contribution in [1.82, 2.24) is 9.78 Å². The number of hydrogen-bond acceptors (Lipinski definition) is 3. The van der Waals surface area contributed by atoms with Crippen molar-refractivity contribution in [2.75, 3.05) is 5.32 Å². The van der Waals surface area contributed by atoms with Crippen LogP contribution in [0.25, 0.3) is 22.0 Å². The summed E-state index contributed by atoms with van der Waals surface area (Å²) in [5.74, 6) is 0.271. The van der Waals surface area contributed by atoms with E-state index >= 15 is 0 Å². The maximum atomic E-state index is 14.6. The van der Waals surface area contributed by atoms with E-state index in [1.807, 2.05) is 60.7 Å². The summed E-state index contributed by atoms with van der Waals surface area (Å²) in [6.45, 7) is 0. The molecule has 0 saturated carbocycles. The average Bonchev–Trinajstić information content (AvgIpc) is 3.32. The third-order valence-electron chi connectivity index (χ3n) is 6.93. The van der Waals surface area contributed by atoms with E-state index in [9.17, 15) is 18.4 Å². The lowest BCUT2D eigenvalue weighted by molar-refractivity contribution is -0.136. The summed E-state index contributed by atoms with van der Waals surface area (Å²) in [6.07, 6.45) is -4.06. The lowest BCUT2D eigenvalue weighted by Gasteiger charge is -2.33. The fourth-order valence-electron chi connectivity index (χ4n) is 5.23. The maximum Gasteiger partial charge on any atom is 0.417 e. The summed E-state index contributed by atoms with van der Waals surface area (Å²) >= 11 is 0. The second-order valence-corrected chi connectivity index (χ2v) is 9.11. The minimum atomic E-state index is -4.65. The van der Waals surface area contributed by atoms with E-state index in [0.29, 0.717) is 12.0 Å². The number of alkyl halides is 3. The van der Waals surface area contributed by atoms with Gasteiger partial charge in [-0.25, -0.2) is 4.68 Å². The first-order valence-electron chi connectivity index (χ1n) is 11.9. The van der Waals surface area contributed by atoms with Crippen molar-refractivity contribution < 1.29 is 13.2 Å². The van der Waals surface area contributed by atoms with Crippen LogP contribution in [-0.2, 0) is 6.18 Å². The fraction of sp³-hybridized carbons (Fsp3) is 0.133. The molecule has 0 bridgehead atoms. The number of hydrogen-bond donors (Lipinski definition) is 1. The van der Waals surface area contributed by atoms with Gasteiger partial charge in [-0.15, -0.1) is 0 Å². The summed E-state index contributed by atoms with van der Waals surface area (Å²) in [5.41, 5.74) is 2.03. The molecular formula is C30H21F3N4. The zero-order valence-electron chi connectivity index (χ0n) is 19.6. The Morgan fingerprint density at radius 1 is 0.865 bits per heavy atom. The van der Waals surface area contributed by atoms with Crippen LogP contribution in [0.5, 0.6) is 0 Å². The fourth-order valence-corrected chi connectivity index (χ4v) is 5.23. The number of anilines is 1. The molecule has 0 fully saturated rings. The van der Waals surface area contributed by atoms with Crippen molar-refractivity contribution in [1.29, 1.82) is 5.26 Å². The molecule has 37 heavy (non-hydrogen) atoms. The van der Waals surface area contributed by atoms with Gasteiger partial charge in [0.15, 0.2) is 0 Å². The second-order valence-electron chi connectivity index (χ2n) is 9.11. The van der Waals surface area contributed by atoms with Gasteiger partial charge >= 0.3 is 6.18 Å². The van der Waals surface area contributed by atoms with E-state index in [4.69, 9.17) is 5.10 Å². The van der Waals surface area contributed by atoms with Gasteiger partial charge in [0.2, 0.25) is 0 Å². The normalized spacial score (nSPS) is 17.1. The predicted molar refractivity (Wildman–Crippen MR) is 137 cm³/mol. The van der Waals surface area contributed by atoms with Crippen molar-refractivity contribution in [2.45, 2.75) is 24.7 Å². The first-order valence-corrected chi connectivity index (χ1v) is 11.9. The Morgan fingerprint density at radius 3 is 2.05 bits per heavy atom. The summed E-state index contributed by atoms with van der Waals surface area (Å²) in [4.78, 5) is 0. The molecular weight excluding hydrogens is 473 g/mol. The maximum absolute atomic E-state index is 14.6. The molecule has 4 aromatic carbocycles. The second kappa shape index (κ2) is 8.82. The van der Waals surface area contributed by atoms with Crippen molar-refractivity contribution in [3.8, 4) is 17.2 Å². The van der Waals surface area contributed by atoms with Crippen LogP contribution in [0.3, 0.4) is 0 Å². The smallest absolute Gasteiger partial charge is 0.363 e. The van der Waals surface area contributed by atoms with Gasteiger partial charge < -0.3 is 5.32 Å². The van der Waals surface area contributed by atoms with Gasteiger partial charge in [0.05, 0.1) is 28.6 Å². The molecule has 1 aromatic heterocycles. The highest BCUT2D eigenvalue weighted by Gasteiger charge is 2.40. The topological polar surface area (TPSA) is 53.6 Å². The van der Waals surface area contributed by atoms with E-state index < -0.39 is 11.7 Å². The van der Waals surface area contributed by atoms with Gasteiger partial charge in [0, 0.05) is 5.56 Å². The quantitative estimate of drug-likeness (QED) is 0.279. The third-order valence-corrected chi connectivity index (χ3v) is 6.93. The monoisotopic (exact) mass is 494 g/mol.